The molecule has 10 N–H and O–H groups in total. The van der Waals surface area contributed by atoms with Crippen molar-refractivity contribution in [3.05, 3.63) is 29.8 Å². The molecule has 1 aliphatic heterocycles. The Labute approximate surface area is 228 Å². The predicted molar refractivity (Wildman–Crippen MR) is 145 cm³/mol. The molecule has 13 heteroatoms. The number of carbonyl (C=O) groups is 4. The van der Waals surface area contributed by atoms with E-state index in [4.69, 9.17) is 16.9 Å². The number of phenols is 1. The van der Waals surface area contributed by atoms with Crippen LogP contribution in [-0.4, -0.2) is 82.0 Å². The lowest BCUT2D eigenvalue weighted by atomic mass is 9.98. The summed E-state index contributed by atoms with van der Waals surface area (Å²) in [7, 11) is 0. The van der Waals surface area contributed by atoms with Gasteiger partial charge in [0.1, 0.15) is 23.9 Å². The second-order valence-corrected chi connectivity index (χ2v) is 9.92. The van der Waals surface area contributed by atoms with E-state index in [9.17, 15) is 29.4 Å². The number of carbonyl (C=O) groups excluding carboxylic acids is 3. The van der Waals surface area contributed by atoms with Gasteiger partial charge in [-0.2, -0.15) is 0 Å². The Morgan fingerprint density at radius 3 is 2.44 bits per heavy atom. The van der Waals surface area contributed by atoms with E-state index < -0.39 is 47.9 Å². The summed E-state index contributed by atoms with van der Waals surface area (Å²) in [5, 5.41) is 34.3. The number of hydrogen-bond acceptors (Lipinski definition) is 7. The highest BCUT2D eigenvalue weighted by Crippen LogP contribution is 2.21. The molecule has 0 unspecified atom stereocenters. The van der Waals surface area contributed by atoms with Crippen molar-refractivity contribution in [1.82, 2.24) is 20.9 Å². The number of likely N-dealkylation sites (tertiary alicyclic amines) is 1. The third kappa shape index (κ3) is 9.43. The maximum absolute atomic E-state index is 13.6. The Morgan fingerprint density at radius 1 is 1.18 bits per heavy atom. The van der Waals surface area contributed by atoms with Crippen LogP contribution in [-0.2, 0) is 25.6 Å². The van der Waals surface area contributed by atoms with Gasteiger partial charge in [-0.25, -0.2) is 4.79 Å². The third-order valence-electron chi connectivity index (χ3n) is 6.94. The number of rotatable bonds is 14. The molecule has 0 spiro atoms. The molecule has 0 aromatic heterocycles. The molecule has 0 bridgehead atoms. The average Bonchev–Trinajstić information content (AvgIpc) is 3.39. The number of guanidine groups is 1. The monoisotopic (exact) mass is 547 g/mol. The van der Waals surface area contributed by atoms with Gasteiger partial charge in [-0.05, 0) is 55.7 Å². The summed E-state index contributed by atoms with van der Waals surface area (Å²) < 4.78 is 0. The van der Waals surface area contributed by atoms with Crippen LogP contribution < -0.4 is 27.4 Å². The average molecular weight is 548 g/mol. The number of amides is 3. The van der Waals surface area contributed by atoms with Gasteiger partial charge in [0.2, 0.25) is 17.7 Å². The fraction of sp³-hybridized carbons (Fsp3) is 0.577. The molecule has 1 heterocycles. The summed E-state index contributed by atoms with van der Waals surface area (Å²) in [6.07, 6.45) is 2.25. The lowest BCUT2D eigenvalue weighted by Gasteiger charge is -2.30. The van der Waals surface area contributed by atoms with Crippen molar-refractivity contribution >= 4 is 29.7 Å². The number of phenolic OH excluding ortho intramolecular Hbond substituents is 1. The van der Waals surface area contributed by atoms with Crippen molar-refractivity contribution in [2.24, 2.45) is 17.4 Å². The molecule has 0 saturated carbocycles. The van der Waals surface area contributed by atoms with E-state index in [2.05, 4.69) is 16.0 Å². The molecule has 3 amide bonds. The summed E-state index contributed by atoms with van der Waals surface area (Å²) in [6.45, 7) is 4.15. The van der Waals surface area contributed by atoms with Crippen molar-refractivity contribution in [2.75, 3.05) is 13.1 Å². The van der Waals surface area contributed by atoms with E-state index in [-0.39, 0.29) is 37.0 Å². The fourth-order valence-corrected chi connectivity index (χ4v) is 4.48. The highest BCUT2D eigenvalue weighted by atomic mass is 16.4. The molecule has 13 nitrogen and oxygen atoms in total. The summed E-state index contributed by atoms with van der Waals surface area (Å²) in [4.78, 5) is 52.7. The predicted octanol–water partition coefficient (Wildman–Crippen LogP) is -0.383. The summed E-state index contributed by atoms with van der Waals surface area (Å²) in [5.41, 5.74) is 12.2. The van der Waals surface area contributed by atoms with Crippen molar-refractivity contribution < 1.29 is 29.4 Å². The topological polar surface area (TPSA) is 224 Å². The maximum Gasteiger partial charge on any atom is 0.326 e. The molecule has 1 aliphatic rings. The molecule has 0 radical (unpaired) electrons. The van der Waals surface area contributed by atoms with Crippen molar-refractivity contribution in [3.8, 4) is 5.75 Å². The Hall–Kier alpha value is -3.87. The number of hydrogen-bond donors (Lipinski definition) is 8. The Bertz CT molecular complexity index is 1020. The second-order valence-electron chi connectivity index (χ2n) is 9.92. The lowest BCUT2D eigenvalue weighted by Crippen LogP contribution is -2.57. The SMILES string of the molecule is CC[C@H](C)[C@H](NC(=O)[C@@H]1CCCN1C(=O)[C@H](CCCNC(=N)N)NC(=O)[C@@H](N)Cc1ccc(O)cc1)C(=O)O. The van der Waals surface area contributed by atoms with E-state index in [1.807, 2.05) is 6.92 Å². The number of aliphatic carboxylic acids is 1. The molecule has 39 heavy (non-hydrogen) atoms. The fourth-order valence-electron chi connectivity index (χ4n) is 4.48. The van der Waals surface area contributed by atoms with Crippen LogP contribution in [0.25, 0.3) is 0 Å². The number of nitrogens with one attached hydrogen (secondary N) is 4. The third-order valence-corrected chi connectivity index (χ3v) is 6.94. The molecular weight excluding hydrogens is 506 g/mol. The number of nitrogens with two attached hydrogens (primary N) is 2. The van der Waals surface area contributed by atoms with Crippen molar-refractivity contribution in [1.29, 1.82) is 5.41 Å². The number of nitrogens with zero attached hydrogens (tertiary/aromatic N) is 1. The zero-order valence-corrected chi connectivity index (χ0v) is 22.5. The quantitative estimate of drug-likeness (QED) is 0.0861. The molecule has 1 saturated heterocycles. The molecule has 0 aliphatic carbocycles. The Balaban J connectivity index is 2.14. The van der Waals surface area contributed by atoms with Gasteiger partial charge in [0.25, 0.3) is 0 Å². The first-order valence-electron chi connectivity index (χ1n) is 13.2. The van der Waals surface area contributed by atoms with Crippen LogP contribution >= 0.6 is 0 Å². The smallest absolute Gasteiger partial charge is 0.326 e. The Morgan fingerprint density at radius 2 is 1.85 bits per heavy atom. The molecule has 2 rings (SSSR count). The van der Waals surface area contributed by atoms with Gasteiger partial charge >= 0.3 is 5.97 Å². The van der Waals surface area contributed by atoms with Crippen LogP contribution in [0.5, 0.6) is 5.75 Å². The molecule has 1 aromatic rings. The van der Waals surface area contributed by atoms with Gasteiger partial charge in [-0.15, -0.1) is 0 Å². The van der Waals surface area contributed by atoms with Gasteiger partial charge in [0.05, 0.1) is 6.04 Å². The van der Waals surface area contributed by atoms with Crippen LogP contribution in [0, 0.1) is 11.3 Å². The zero-order valence-electron chi connectivity index (χ0n) is 22.5. The lowest BCUT2D eigenvalue weighted by molar-refractivity contribution is -0.146. The minimum Gasteiger partial charge on any atom is -0.508 e. The number of benzene rings is 1. The standard InChI is InChI=1S/C26H41N7O6/c1-3-15(2)21(25(38)39)32-23(36)20-7-5-13-33(20)24(37)19(6-4-12-30-26(28)29)31-22(35)18(27)14-16-8-10-17(34)11-9-16/h8-11,15,18-21,34H,3-7,12-14,27H2,1-2H3,(H,31,35)(H,32,36)(H,38,39)(H4,28,29,30)/t15-,18-,19-,20-,21-/m0/s1. The first-order chi connectivity index (χ1) is 18.4. The largest absolute Gasteiger partial charge is 0.508 e. The molecule has 5 atom stereocenters. The normalized spacial score (nSPS) is 17.9. The number of aromatic hydroxyl groups is 1. The maximum atomic E-state index is 13.6. The van der Waals surface area contributed by atoms with Gasteiger partial charge in [-0.1, -0.05) is 32.4 Å². The van der Waals surface area contributed by atoms with Crippen LogP contribution in [0.3, 0.4) is 0 Å². The van der Waals surface area contributed by atoms with Gasteiger partial charge < -0.3 is 42.5 Å². The van der Waals surface area contributed by atoms with Crippen molar-refractivity contribution in [3.63, 3.8) is 0 Å². The second kappa shape index (κ2) is 14.9. The molecule has 1 aromatic carbocycles. The summed E-state index contributed by atoms with van der Waals surface area (Å²) >= 11 is 0. The van der Waals surface area contributed by atoms with Crippen molar-refractivity contribution in [2.45, 2.75) is 76.5 Å². The van der Waals surface area contributed by atoms with E-state index in [1.54, 1.807) is 19.1 Å². The van der Waals surface area contributed by atoms with Gasteiger partial charge in [0, 0.05) is 13.1 Å². The highest BCUT2D eigenvalue weighted by Gasteiger charge is 2.39. The highest BCUT2D eigenvalue weighted by molar-refractivity contribution is 5.94. The zero-order chi connectivity index (χ0) is 29.1. The molecule has 216 valence electrons. The van der Waals surface area contributed by atoms with E-state index in [1.165, 1.54) is 17.0 Å². The van der Waals surface area contributed by atoms with Gasteiger partial charge in [-0.3, -0.25) is 19.8 Å². The van der Waals surface area contributed by atoms with Crippen LogP contribution in [0.1, 0.15) is 51.5 Å². The first-order valence-corrected chi connectivity index (χ1v) is 13.2. The number of carboxylic acids is 1. The summed E-state index contributed by atoms with van der Waals surface area (Å²) in [6, 6.07) is 2.38. The minimum atomic E-state index is -1.14. The van der Waals surface area contributed by atoms with E-state index >= 15 is 0 Å². The molecular formula is C26H41N7O6. The molecule has 1 fully saturated rings. The minimum absolute atomic E-state index is 0.0876. The van der Waals surface area contributed by atoms with Crippen LogP contribution in [0.2, 0.25) is 0 Å². The summed E-state index contributed by atoms with van der Waals surface area (Å²) in [5.74, 6) is -3.12. The number of carboxylic acid groups (broad SMARTS) is 1. The Kier molecular flexibility index (Phi) is 12.0. The van der Waals surface area contributed by atoms with Gasteiger partial charge in [0.15, 0.2) is 5.96 Å². The van der Waals surface area contributed by atoms with Crippen LogP contribution in [0.15, 0.2) is 24.3 Å². The van der Waals surface area contributed by atoms with E-state index in [0.29, 0.717) is 32.2 Å². The van der Waals surface area contributed by atoms with E-state index in [0.717, 1.165) is 5.56 Å². The first kappa shape index (κ1) is 31.3. The van der Waals surface area contributed by atoms with Crippen LogP contribution in [0.4, 0.5) is 0 Å².